The lowest BCUT2D eigenvalue weighted by atomic mass is 9.86. The lowest BCUT2D eigenvalue weighted by molar-refractivity contribution is -0.115. The van der Waals surface area contributed by atoms with Crippen LogP contribution in [0.2, 0.25) is 0 Å². The minimum absolute atomic E-state index is 0.107. The molecule has 4 rings (SSSR count). The molecule has 8 nitrogen and oxygen atoms in total. The molecule has 2 N–H and O–H groups in total. The van der Waals surface area contributed by atoms with E-state index in [0.29, 0.717) is 35.1 Å². The van der Waals surface area contributed by atoms with Gasteiger partial charge in [0, 0.05) is 29.0 Å². The Balaban J connectivity index is 0.000000291. The number of carbonyl (C=O) groups excluding carboxylic acids is 2. The zero-order chi connectivity index (χ0) is 31.1. The third-order valence-corrected chi connectivity index (χ3v) is 8.03. The number of nitrogens with one attached hydrogen (secondary N) is 2. The van der Waals surface area contributed by atoms with Gasteiger partial charge in [0.25, 0.3) is 11.8 Å². The van der Waals surface area contributed by atoms with E-state index >= 15 is 0 Å². The van der Waals surface area contributed by atoms with Crippen LogP contribution in [0.5, 0.6) is 0 Å². The molecule has 1 aliphatic heterocycles. The summed E-state index contributed by atoms with van der Waals surface area (Å²) in [4.78, 5) is 33.2. The number of carbonyl (C=O) groups is 2. The van der Waals surface area contributed by atoms with Gasteiger partial charge in [-0.15, -0.1) is 11.3 Å². The quantitative estimate of drug-likeness (QED) is 0.277. The van der Waals surface area contributed by atoms with Crippen LogP contribution in [-0.4, -0.2) is 51.5 Å². The van der Waals surface area contributed by atoms with Gasteiger partial charge in [-0.2, -0.15) is 0 Å². The van der Waals surface area contributed by atoms with E-state index in [0.717, 1.165) is 17.8 Å². The highest BCUT2D eigenvalue weighted by atomic mass is 32.1. The van der Waals surface area contributed by atoms with Crippen molar-refractivity contribution >= 4 is 28.3 Å². The fourth-order valence-electron chi connectivity index (χ4n) is 4.55. The number of aromatic nitrogens is 3. The van der Waals surface area contributed by atoms with E-state index in [1.54, 1.807) is 12.3 Å². The highest BCUT2D eigenvalue weighted by Gasteiger charge is 2.50. The van der Waals surface area contributed by atoms with Gasteiger partial charge in [0.1, 0.15) is 12.3 Å². The number of alkyl halides is 2. The summed E-state index contributed by atoms with van der Waals surface area (Å²) in [6, 6.07) is 7.44. The van der Waals surface area contributed by atoms with Gasteiger partial charge in [-0.3, -0.25) is 14.6 Å². The van der Waals surface area contributed by atoms with E-state index in [9.17, 15) is 18.4 Å². The summed E-state index contributed by atoms with van der Waals surface area (Å²) in [7, 11) is 0. The predicted molar refractivity (Wildman–Crippen MR) is 163 cm³/mol. The van der Waals surface area contributed by atoms with E-state index < -0.39 is 11.8 Å². The monoisotopic (exact) mass is 603 g/mol. The molecule has 0 bridgehead atoms. The summed E-state index contributed by atoms with van der Waals surface area (Å²) in [5.41, 5.74) is 2.78. The van der Waals surface area contributed by atoms with E-state index in [4.69, 9.17) is 4.74 Å². The second kappa shape index (κ2) is 14.3. The molecule has 1 aliphatic rings. The van der Waals surface area contributed by atoms with E-state index in [1.165, 1.54) is 11.3 Å². The van der Waals surface area contributed by atoms with Crippen molar-refractivity contribution in [3.05, 3.63) is 53.3 Å². The van der Waals surface area contributed by atoms with Crippen molar-refractivity contribution in [3.63, 3.8) is 0 Å². The molecule has 3 atom stereocenters. The molecule has 0 aliphatic carbocycles. The van der Waals surface area contributed by atoms with E-state index in [2.05, 4.69) is 41.4 Å². The number of ether oxygens (including phenoxy) is 1. The third-order valence-electron chi connectivity index (χ3n) is 7.28. The van der Waals surface area contributed by atoms with Crippen LogP contribution in [0, 0.1) is 18.8 Å². The highest BCUT2D eigenvalue weighted by molar-refractivity contribution is 7.14. The number of halogens is 2. The van der Waals surface area contributed by atoms with Gasteiger partial charge < -0.3 is 19.9 Å². The number of hydrogen-bond acceptors (Lipinski definition) is 6. The number of rotatable bonds is 9. The molecule has 0 spiro atoms. The van der Waals surface area contributed by atoms with Gasteiger partial charge in [-0.1, -0.05) is 33.3 Å². The normalized spacial score (nSPS) is 18.6. The first-order chi connectivity index (χ1) is 19.7. The fourth-order valence-corrected chi connectivity index (χ4v) is 5.27. The minimum atomic E-state index is -2.61. The first-order valence-electron chi connectivity index (χ1n) is 14.4. The average molecular weight is 604 g/mol. The Labute approximate surface area is 251 Å². The maximum atomic E-state index is 13.4. The topological polar surface area (TPSA) is 98.1 Å². The zero-order valence-corrected chi connectivity index (χ0v) is 26.4. The fraction of sp³-hybridized carbons (Fsp3) is 0.548. The second-order valence-electron chi connectivity index (χ2n) is 11.8. The molecule has 2 amide bonds. The molecule has 4 heterocycles. The second-order valence-corrected chi connectivity index (χ2v) is 12.6. The summed E-state index contributed by atoms with van der Waals surface area (Å²) in [5.74, 6) is -3.43. The maximum Gasteiger partial charge on any atom is 0.276 e. The third kappa shape index (κ3) is 9.16. The van der Waals surface area contributed by atoms with Gasteiger partial charge in [-0.25, -0.2) is 13.8 Å². The zero-order valence-electron chi connectivity index (χ0n) is 25.5. The molecule has 1 saturated heterocycles. The summed E-state index contributed by atoms with van der Waals surface area (Å²) < 4.78 is 33.9. The molecule has 230 valence electrons. The van der Waals surface area contributed by atoms with Crippen LogP contribution in [0.15, 0.2) is 42.0 Å². The van der Waals surface area contributed by atoms with E-state index in [-0.39, 0.29) is 36.6 Å². The summed E-state index contributed by atoms with van der Waals surface area (Å²) in [6.45, 7) is 13.5. The van der Waals surface area contributed by atoms with Crippen molar-refractivity contribution in [2.24, 2.45) is 11.8 Å². The van der Waals surface area contributed by atoms with Gasteiger partial charge in [0.2, 0.25) is 5.91 Å². The molecule has 0 saturated carbocycles. The molecule has 42 heavy (non-hydrogen) atoms. The van der Waals surface area contributed by atoms with Crippen LogP contribution in [-0.2, 0) is 15.1 Å². The Hall–Kier alpha value is -3.18. The van der Waals surface area contributed by atoms with Gasteiger partial charge >= 0.3 is 0 Å². The SMILES string of the molecule is CCC(C)CC1C(CC)OCC1(F)F.Cc1cccc(-c2csc(NC(=O)CNC(=O)c3ccn(C(C)(C)C)c3)n2)n1. The Morgan fingerprint density at radius 1 is 1.19 bits per heavy atom. The molecular formula is C31H43F2N5O3S. The Morgan fingerprint density at radius 2 is 1.93 bits per heavy atom. The summed E-state index contributed by atoms with van der Waals surface area (Å²) >= 11 is 1.32. The number of amides is 2. The van der Waals surface area contributed by atoms with Crippen LogP contribution in [0.3, 0.4) is 0 Å². The number of aryl methyl sites for hydroxylation is 1. The number of pyridine rings is 1. The van der Waals surface area contributed by atoms with Crippen LogP contribution < -0.4 is 10.6 Å². The van der Waals surface area contributed by atoms with Crippen molar-refractivity contribution in [2.45, 2.75) is 85.3 Å². The highest BCUT2D eigenvalue weighted by Crippen LogP contribution is 2.41. The van der Waals surface area contributed by atoms with Gasteiger partial charge in [0.15, 0.2) is 5.13 Å². The molecular weight excluding hydrogens is 560 g/mol. The molecule has 0 aromatic carbocycles. The van der Waals surface area contributed by atoms with Crippen LogP contribution in [0.1, 0.15) is 76.9 Å². The Morgan fingerprint density at radius 3 is 2.55 bits per heavy atom. The maximum absolute atomic E-state index is 13.4. The number of thiazole rings is 1. The van der Waals surface area contributed by atoms with Crippen molar-refractivity contribution < 1.29 is 23.1 Å². The summed E-state index contributed by atoms with van der Waals surface area (Å²) in [5, 5.41) is 7.64. The Bertz CT molecular complexity index is 1330. The first kappa shape index (κ1) is 33.3. The first-order valence-corrected chi connectivity index (χ1v) is 15.3. The van der Waals surface area contributed by atoms with Crippen molar-refractivity contribution in [2.75, 3.05) is 18.5 Å². The molecule has 3 unspecified atom stereocenters. The molecule has 3 aromatic rings. The standard InChI is InChI=1S/C20H23N5O2S.C11H20F2O/c1-13-6-5-7-15(22-13)16-12-28-19(23-16)24-17(26)10-21-18(27)14-8-9-25(11-14)20(2,3)4;1-4-8(3)6-9-10(5-2)14-7-11(9,12)13/h5-9,11-12H,10H2,1-4H3,(H,21,27)(H,23,24,26);8-10H,4-7H2,1-3H3. The van der Waals surface area contributed by atoms with Crippen molar-refractivity contribution in [1.82, 2.24) is 19.9 Å². The minimum Gasteiger partial charge on any atom is -0.371 e. The number of anilines is 1. The average Bonchev–Trinajstić information content (AvgIpc) is 3.67. The van der Waals surface area contributed by atoms with Crippen LogP contribution >= 0.6 is 11.3 Å². The molecule has 0 radical (unpaired) electrons. The predicted octanol–water partition coefficient (Wildman–Crippen LogP) is 6.92. The van der Waals surface area contributed by atoms with Crippen LogP contribution in [0.25, 0.3) is 11.4 Å². The summed E-state index contributed by atoms with van der Waals surface area (Å²) in [6.07, 6.45) is 5.63. The lowest BCUT2D eigenvalue weighted by Crippen LogP contribution is -2.32. The number of nitrogens with zero attached hydrogens (tertiary/aromatic N) is 3. The smallest absolute Gasteiger partial charge is 0.276 e. The molecule has 3 aromatic heterocycles. The van der Waals surface area contributed by atoms with Crippen molar-refractivity contribution in [3.8, 4) is 11.4 Å². The number of hydrogen-bond donors (Lipinski definition) is 2. The lowest BCUT2D eigenvalue weighted by Gasteiger charge is -2.24. The van der Waals surface area contributed by atoms with E-state index in [1.807, 2.05) is 62.0 Å². The van der Waals surface area contributed by atoms with Crippen molar-refractivity contribution in [1.29, 1.82) is 0 Å². The molecule has 11 heteroatoms. The van der Waals surface area contributed by atoms with Gasteiger partial charge in [-0.05, 0) is 64.7 Å². The Kier molecular flexibility index (Phi) is 11.4. The van der Waals surface area contributed by atoms with Crippen LogP contribution in [0.4, 0.5) is 13.9 Å². The van der Waals surface area contributed by atoms with Gasteiger partial charge in [0.05, 0.1) is 29.8 Å². The molecule has 1 fully saturated rings. The largest absolute Gasteiger partial charge is 0.371 e.